The lowest BCUT2D eigenvalue weighted by Gasteiger charge is -2.07. The van der Waals surface area contributed by atoms with Crippen LogP contribution in [0.3, 0.4) is 0 Å². The topological polar surface area (TPSA) is 106 Å². The zero-order valence-corrected chi connectivity index (χ0v) is 13.4. The van der Waals surface area contributed by atoms with E-state index in [0.717, 1.165) is 0 Å². The van der Waals surface area contributed by atoms with Gasteiger partial charge in [-0.3, -0.25) is 5.41 Å². The number of esters is 1. The fourth-order valence-electron chi connectivity index (χ4n) is 1.95. The Morgan fingerprint density at radius 1 is 1.17 bits per heavy atom. The van der Waals surface area contributed by atoms with E-state index in [0.29, 0.717) is 28.2 Å². The molecule has 124 valence electrons. The van der Waals surface area contributed by atoms with Crippen molar-refractivity contribution >= 4 is 17.9 Å². The van der Waals surface area contributed by atoms with Crippen LogP contribution in [0, 0.1) is 5.41 Å². The molecule has 0 aliphatic carbocycles. The number of nitrogens with one attached hydrogen (secondary N) is 1. The molecule has 0 saturated heterocycles. The molecule has 6 heteroatoms. The van der Waals surface area contributed by atoms with E-state index in [9.17, 15) is 9.90 Å². The van der Waals surface area contributed by atoms with Gasteiger partial charge in [0.15, 0.2) is 0 Å². The van der Waals surface area contributed by atoms with Gasteiger partial charge in [0, 0.05) is 22.8 Å². The zero-order chi connectivity index (χ0) is 17.7. The molecule has 4 N–H and O–H groups in total. The van der Waals surface area contributed by atoms with Crippen molar-refractivity contribution < 1.29 is 19.4 Å². The number of phenolic OH excluding ortho intramolecular Hbond substituents is 1. The molecular formula is C18H18N2O4. The van der Waals surface area contributed by atoms with Crippen LogP contribution < -0.4 is 15.2 Å². The number of nitrogens with two attached hydrogens (primary N) is 1. The van der Waals surface area contributed by atoms with E-state index in [4.69, 9.17) is 20.6 Å². The highest BCUT2D eigenvalue weighted by Gasteiger charge is 2.10. The largest absolute Gasteiger partial charge is 0.507 e. The Labute approximate surface area is 139 Å². The molecule has 2 aromatic carbocycles. The number of carbonyl (C=O) groups excluding carboxylic acids is 1. The van der Waals surface area contributed by atoms with Crippen molar-refractivity contribution in [2.45, 2.75) is 6.92 Å². The molecule has 0 radical (unpaired) electrons. The first-order valence-electron chi connectivity index (χ1n) is 7.12. The maximum absolute atomic E-state index is 12.1. The minimum atomic E-state index is -0.541. The molecule has 0 fully saturated rings. The summed E-state index contributed by atoms with van der Waals surface area (Å²) in [6.07, 6.45) is 1.53. The smallest absolute Gasteiger partial charge is 0.339 e. The SMILES string of the molecule is COc1ccc(C=C(C)C(=O)Oc2ccc(C(=N)N)cc2)c(O)c1. The second-order valence-corrected chi connectivity index (χ2v) is 5.08. The monoisotopic (exact) mass is 326 g/mol. The molecule has 6 nitrogen and oxygen atoms in total. The predicted octanol–water partition coefficient (Wildman–Crippen LogP) is 2.69. The molecule has 0 bridgehead atoms. The number of carbonyl (C=O) groups is 1. The first kappa shape index (κ1) is 17.1. The molecule has 0 atom stereocenters. The number of hydrogen-bond donors (Lipinski definition) is 3. The summed E-state index contributed by atoms with van der Waals surface area (Å²) in [7, 11) is 1.50. The van der Waals surface area contributed by atoms with Gasteiger partial charge in [-0.1, -0.05) is 0 Å². The summed E-state index contributed by atoms with van der Waals surface area (Å²) >= 11 is 0. The van der Waals surface area contributed by atoms with Gasteiger partial charge in [-0.05, 0) is 49.4 Å². The fraction of sp³-hybridized carbons (Fsp3) is 0.111. The number of nitrogen functional groups attached to an aromatic ring is 1. The predicted molar refractivity (Wildman–Crippen MR) is 91.4 cm³/mol. The van der Waals surface area contributed by atoms with Crippen molar-refractivity contribution in [1.82, 2.24) is 0 Å². The maximum Gasteiger partial charge on any atom is 0.339 e. The summed E-state index contributed by atoms with van der Waals surface area (Å²) in [4.78, 5) is 12.1. The molecule has 0 saturated carbocycles. The third kappa shape index (κ3) is 4.13. The van der Waals surface area contributed by atoms with E-state index >= 15 is 0 Å². The summed E-state index contributed by atoms with van der Waals surface area (Å²) in [5, 5.41) is 17.2. The molecule has 0 amide bonds. The normalized spacial score (nSPS) is 11.0. The minimum Gasteiger partial charge on any atom is -0.507 e. The summed E-state index contributed by atoms with van der Waals surface area (Å²) < 4.78 is 10.3. The Kier molecular flexibility index (Phi) is 5.21. The number of rotatable bonds is 5. The summed E-state index contributed by atoms with van der Waals surface area (Å²) in [6, 6.07) is 11.1. The third-order valence-electron chi connectivity index (χ3n) is 3.31. The molecule has 2 rings (SSSR count). The highest BCUT2D eigenvalue weighted by molar-refractivity contribution is 5.96. The van der Waals surface area contributed by atoms with E-state index in [-0.39, 0.29) is 11.6 Å². The number of hydrogen-bond acceptors (Lipinski definition) is 5. The van der Waals surface area contributed by atoms with Gasteiger partial charge in [-0.25, -0.2) is 4.79 Å². The van der Waals surface area contributed by atoms with Crippen molar-refractivity contribution in [2.24, 2.45) is 5.73 Å². The van der Waals surface area contributed by atoms with E-state index < -0.39 is 5.97 Å². The molecule has 2 aromatic rings. The Morgan fingerprint density at radius 3 is 2.33 bits per heavy atom. The van der Waals surface area contributed by atoms with Gasteiger partial charge in [0.25, 0.3) is 0 Å². The van der Waals surface area contributed by atoms with E-state index in [1.165, 1.54) is 19.3 Å². The van der Waals surface area contributed by atoms with Crippen LogP contribution in [0.5, 0.6) is 17.2 Å². The van der Waals surface area contributed by atoms with Gasteiger partial charge < -0.3 is 20.3 Å². The van der Waals surface area contributed by atoms with Crippen molar-refractivity contribution in [1.29, 1.82) is 5.41 Å². The Bertz CT molecular complexity index is 795. The number of aromatic hydroxyl groups is 1. The lowest BCUT2D eigenvalue weighted by molar-refractivity contribution is -0.130. The van der Waals surface area contributed by atoms with Crippen LogP contribution in [0.4, 0.5) is 0 Å². The van der Waals surface area contributed by atoms with Crippen LogP contribution >= 0.6 is 0 Å². The quantitative estimate of drug-likeness (QED) is 0.257. The van der Waals surface area contributed by atoms with Crippen LogP contribution in [0.25, 0.3) is 6.08 Å². The fourth-order valence-corrected chi connectivity index (χ4v) is 1.95. The first-order valence-corrected chi connectivity index (χ1v) is 7.12. The van der Waals surface area contributed by atoms with Crippen LogP contribution in [-0.4, -0.2) is 24.0 Å². The summed E-state index contributed by atoms with van der Waals surface area (Å²) in [5.41, 5.74) is 6.72. The van der Waals surface area contributed by atoms with Gasteiger partial charge in [0.1, 0.15) is 23.1 Å². The standard InChI is InChI=1S/C18H18N2O4/c1-11(9-13-5-8-15(23-2)10-16(13)21)18(22)24-14-6-3-12(4-7-14)17(19)20/h3-10,21H,1-2H3,(H3,19,20). The summed E-state index contributed by atoms with van der Waals surface area (Å²) in [5.74, 6) is 0.277. The molecule has 0 aliphatic rings. The number of amidine groups is 1. The van der Waals surface area contributed by atoms with Crippen LogP contribution in [0.1, 0.15) is 18.1 Å². The number of methoxy groups -OCH3 is 1. The number of benzene rings is 2. The maximum atomic E-state index is 12.1. The second-order valence-electron chi connectivity index (χ2n) is 5.08. The van der Waals surface area contributed by atoms with Gasteiger partial charge in [0.2, 0.25) is 0 Å². The van der Waals surface area contributed by atoms with E-state index in [1.54, 1.807) is 43.3 Å². The Balaban J connectivity index is 2.12. The van der Waals surface area contributed by atoms with Gasteiger partial charge in [-0.2, -0.15) is 0 Å². The van der Waals surface area contributed by atoms with Crippen molar-refractivity contribution in [3.8, 4) is 17.2 Å². The van der Waals surface area contributed by atoms with E-state index in [2.05, 4.69) is 0 Å². The molecule has 0 aromatic heterocycles. The molecule has 0 aliphatic heterocycles. The highest BCUT2D eigenvalue weighted by atomic mass is 16.5. The Morgan fingerprint density at radius 2 is 1.79 bits per heavy atom. The Hall–Kier alpha value is -3.28. The van der Waals surface area contributed by atoms with Crippen molar-refractivity contribution in [2.75, 3.05) is 7.11 Å². The van der Waals surface area contributed by atoms with Gasteiger partial charge >= 0.3 is 5.97 Å². The molecule has 0 unspecified atom stereocenters. The van der Waals surface area contributed by atoms with Crippen LogP contribution in [-0.2, 0) is 4.79 Å². The lowest BCUT2D eigenvalue weighted by atomic mass is 10.1. The molecule has 24 heavy (non-hydrogen) atoms. The van der Waals surface area contributed by atoms with E-state index in [1.807, 2.05) is 0 Å². The second kappa shape index (κ2) is 7.32. The van der Waals surface area contributed by atoms with Gasteiger partial charge in [0.05, 0.1) is 7.11 Å². The summed E-state index contributed by atoms with van der Waals surface area (Å²) in [6.45, 7) is 1.59. The highest BCUT2D eigenvalue weighted by Crippen LogP contribution is 2.25. The average Bonchev–Trinajstić information content (AvgIpc) is 2.57. The van der Waals surface area contributed by atoms with Gasteiger partial charge in [-0.15, -0.1) is 0 Å². The molecule has 0 heterocycles. The minimum absolute atomic E-state index is 0.00677. The lowest BCUT2D eigenvalue weighted by Crippen LogP contribution is -2.12. The van der Waals surface area contributed by atoms with Crippen molar-refractivity contribution in [3.05, 3.63) is 59.2 Å². The van der Waals surface area contributed by atoms with Crippen LogP contribution in [0.2, 0.25) is 0 Å². The third-order valence-corrected chi connectivity index (χ3v) is 3.31. The number of ether oxygens (including phenoxy) is 2. The first-order chi connectivity index (χ1) is 11.4. The zero-order valence-electron chi connectivity index (χ0n) is 13.4. The van der Waals surface area contributed by atoms with Crippen molar-refractivity contribution in [3.63, 3.8) is 0 Å². The van der Waals surface area contributed by atoms with Crippen LogP contribution in [0.15, 0.2) is 48.0 Å². The molecular weight excluding hydrogens is 308 g/mol. The number of phenols is 1. The molecule has 0 spiro atoms. The average molecular weight is 326 g/mol.